The largest absolute Gasteiger partial charge is 0.493 e. The molecule has 160 valence electrons. The molecule has 0 saturated heterocycles. The minimum Gasteiger partial charge on any atom is -0.493 e. The van der Waals surface area contributed by atoms with Gasteiger partial charge in [-0.05, 0) is 19.1 Å². The van der Waals surface area contributed by atoms with Gasteiger partial charge in [0, 0.05) is 28.8 Å². The number of benzene rings is 2. The Morgan fingerprint density at radius 2 is 1.50 bits per heavy atom. The molecule has 0 saturated carbocycles. The van der Waals surface area contributed by atoms with Crippen molar-refractivity contribution in [2.45, 2.75) is 6.92 Å². The normalized spacial score (nSPS) is 11.1. The van der Waals surface area contributed by atoms with E-state index in [-0.39, 0.29) is 0 Å². The molecule has 2 aromatic carbocycles. The first-order chi connectivity index (χ1) is 15.6. The first kappa shape index (κ1) is 19.7. The molecule has 0 radical (unpaired) electrons. The Morgan fingerprint density at radius 1 is 0.781 bits per heavy atom. The second kappa shape index (κ2) is 7.81. The van der Waals surface area contributed by atoms with Crippen LogP contribution in [0.15, 0.2) is 54.6 Å². The van der Waals surface area contributed by atoms with Gasteiger partial charge in [-0.15, -0.1) is 5.10 Å². The van der Waals surface area contributed by atoms with Crippen LogP contribution in [0.5, 0.6) is 17.2 Å². The molecule has 0 N–H and O–H groups in total. The Kier molecular flexibility index (Phi) is 4.82. The minimum absolute atomic E-state index is 0.506. The van der Waals surface area contributed by atoms with E-state index < -0.39 is 0 Å². The summed E-state index contributed by atoms with van der Waals surface area (Å²) in [6, 6.07) is 17.7. The smallest absolute Gasteiger partial charge is 0.203 e. The van der Waals surface area contributed by atoms with Crippen molar-refractivity contribution >= 4 is 22.1 Å². The van der Waals surface area contributed by atoms with Gasteiger partial charge in [0.25, 0.3) is 0 Å². The molecular weight excluding hydrogens is 406 g/mol. The fourth-order valence-electron chi connectivity index (χ4n) is 3.81. The second-order valence-corrected chi connectivity index (χ2v) is 7.21. The maximum absolute atomic E-state index is 5.49. The predicted octanol–water partition coefficient (Wildman–Crippen LogP) is 4.36. The van der Waals surface area contributed by atoms with Gasteiger partial charge in [0.15, 0.2) is 22.7 Å². The molecule has 0 aliphatic carbocycles. The summed E-state index contributed by atoms with van der Waals surface area (Å²) < 4.78 is 18.1. The van der Waals surface area contributed by atoms with Crippen molar-refractivity contribution in [3.05, 3.63) is 60.3 Å². The van der Waals surface area contributed by atoms with Crippen molar-refractivity contribution in [3.8, 4) is 34.2 Å². The highest BCUT2D eigenvalue weighted by molar-refractivity contribution is 6.01. The lowest BCUT2D eigenvalue weighted by molar-refractivity contribution is 0.324. The van der Waals surface area contributed by atoms with Gasteiger partial charge in [0.2, 0.25) is 5.75 Å². The zero-order valence-electron chi connectivity index (χ0n) is 18.2. The first-order valence-corrected chi connectivity index (χ1v) is 10.0. The van der Waals surface area contributed by atoms with Crippen molar-refractivity contribution in [3.63, 3.8) is 0 Å². The number of nitrogens with zero attached hydrogens (tertiary/aromatic N) is 5. The van der Waals surface area contributed by atoms with Crippen LogP contribution in [0.2, 0.25) is 0 Å². The van der Waals surface area contributed by atoms with E-state index in [9.17, 15) is 0 Å². The molecule has 0 fully saturated rings. The molecule has 0 unspecified atom stereocenters. The molecule has 8 nitrogen and oxygen atoms in total. The van der Waals surface area contributed by atoms with Gasteiger partial charge in [-0.3, -0.25) is 0 Å². The third kappa shape index (κ3) is 3.08. The fraction of sp³-hybridized carbons (Fsp3) is 0.167. The van der Waals surface area contributed by atoms with Crippen LogP contribution in [0.1, 0.15) is 5.69 Å². The number of methoxy groups -OCH3 is 3. The van der Waals surface area contributed by atoms with E-state index in [0.717, 1.165) is 27.9 Å². The van der Waals surface area contributed by atoms with Gasteiger partial charge in [-0.2, -0.15) is 4.68 Å². The minimum atomic E-state index is 0.506. The highest BCUT2D eigenvalue weighted by Crippen LogP contribution is 2.39. The summed E-state index contributed by atoms with van der Waals surface area (Å²) in [6.45, 7) is 1.96. The highest BCUT2D eigenvalue weighted by atomic mass is 16.5. The van der Waals surface area contributed by atoms with Crippen LogP contribution >= 0.6 is 0 Å². The monoisotopic (exact) mass is 427 g/mol. The average molecular weight is 427 g/mol. The molecule has 3 aromatic heterocycles. The maximum atomic E-state index is 5.49. The number of hydrogen-bond donors (Lipinski definition) is 0. The summed E-state index contributed by atoms with van der Waals surface area (Å²) >= 11 is 0. The summed E-state index contributed by atoms with van der Waals surface area (Å²) in [4.78, 5) is 9.69. The number of rotatable bonds is 5. The predicted molar refractivity (Wildman–Crippen MR) is 122 cm³/mol. The molecule has 5 rings (SSSR count). The van der Waals surface area contributed by atoms with Crippen LogP contribution in [-0.4, -0.2) is 46.3 Å². The van der Waals surface area contributed by atoms with Crippen LogP contribution in [0.3, 0.4) is 0 Å². The lowest BCUT2D eigenvalue weighted by Crippen LogP contribution is -2.02. The standard InChI is InChI=1S/C24H21N5O3/c1-14-17-10-11-18(15-8-6-5-7-9-15)26-21(17)22-24(25-14)29(28-27-22)16-12-19(30-2)23(32-4)20(13-16)31-3/h5-13H,1-4H3. The second-order valence-electron chi connectivity index (χ2n) is 7.21. The Balaban J connectivity index is 1.75. The molecule has 3 heterocycles. The number of pyridine rings is 2. The number of hydrogen-bond acceptors (Lipinski definition) is 7. The number of fused-ring (bicyclic) bond motifs is 3. The molecule has 0 aliphatic rings. The molecule has 8 heteroatoms. The zero-order chi connectivity index (χ0) is 22.2. The van der Waals surface area contributed by atoms with Gasteiger partial charge < -0.3 is 14.2 Å². The highest BCUT2D eigenvalue weighted by Gasteiger charge is 2.19. The quantitative estimate of drug-likeness (QED) is 0.412. The van der Waals surface area contributed by atoms with Crippen molar-refractivity contribution in [2.24, 2.45) is 0 Å². The van der Waals surface area contributed by atoms with Gasteiger partial charge in [-0.1, -0.05) is 35.5 Å². The van der Waals surface area contributed by atoms with Crippen LogP contribution in [-0.2, 0) is 0 Å². The fourth-order valence-corrected chi connectivity index (χ4v) is 3.81. The summed E-state index contributed by atoms with van der Waals surface area (Å²) in [5.74, 6) is 1.55. The van der Waals surface area contributed by atoms with Gasteiger partial charge in [0.1, 0.15) is 5.52 Å². The molecule has 32 heavy (non-hydrogen) atoms. The van der Waals surface area contributed by atoms with Gasteiger partial charge >= 0.3 is 0 Å². The van der Waals surface area contributed by atoms with Gasteiger partial charge in [0.05, 0.1) is 32.7 Å². The van der Waals surface area contributed by atoms with Gasteiger partial charge in [-0.25, -0.2) is 9.97 Å². The van der Waals surface area contributed by atoms with Crippen LogP contribution in [0.25, 0.3) is 39.0 Å². The Morgan fingerprint density at radius 3 is 2.16 bits per heavy atom. The summed E-state index contributed by atoms with van der Waals surface area (Å²) in [7, 11) is 4.72. The molecule has 0 amide bonds. The van der Waals surface area contributed by atoms with E-state index >= 15 is 0 Å². The summed E-state index contributed by atoms with van der Waals surface area (Å²) in [6.07, 6.45) is 0. The van der Waals surface area contributed by atoms with Crippen molar-refractivity contribution in [1.29, 1.82) is 0 Å². The van der Waals surface area contributed by atoms with Crippen LogP contribution in [0, 0.1) is 6.92 Å². The maximum Gasteiger partial charge on any atom is 0.203 e. The van der Waals surface area contributed by atoms with Crippen LogP contribution < -0.4 is 14.2 Å². The lowest BCUT2D eigenvalue weighted by Gasteiger charge is -2.14. The van der Waals surface area contributed by atoms with E-state index in [2.05, 4.69) is 10.3 Å². The lowest BCUT2D eigenvalue weighted by atomic mass is 10.1. The average Bonchev–Trinajstić information content (AvgIpc) is 3.27. The molecule has 0 spiro atoms. The van der Waals surface area contributed by atoms with E-state index in [1.165, 1.54) is 0 Å². The summed E-state index contributed by atoms with van der Waals surface area (Å²) in [5, 5.41) is 9.74. The number of aryl methyl sites for hydroxylation is 1. The molecule has 0 atom stereocenters. The third-order valence-corrected chi connectivity index (χ3v) is 5.39. The molecule has 5 aromatic rings. The SMILES string of the molecule is COc1cc(-n2nnc3c4nc(-c5ccccc5)ccc4c(C)nc32)cc(OC)c1OC. The number of ether oxygens (including phenoxy) is 3. The van der Waals surface area contributed by atoms with E-state index in [4.69, 9.17) is 24.2 Å². The Labute approximate surface area is 184 Å². The molecule has 0 bridgehead atoms. The van der Waals surface area contributed by atoms with E-state index in [1.807, 2.05) is 61.5 Å². The van der Waals surface area contributed by atoms with Crippen molar-refractivity contribution in [1.82, 2.24) is 25.0 Å². The number of aromatic nitrogens is 5. The van der Waals surface area contributed by atoms with Crippen molar-refractivity contribution < 1.29 is 14.2 Å². The van der Waals surface area contributed by atoms with E-state index in [1.54, 1.807) is 26.0 Å². The summed E-state index contributed by atoms with van der Waals surface area (Å²) in [5.41, 5.74) is 5.41. The third-order valence-electron chi connectivity index (χ3n) is 5.39. The molecular formula is C24H21N5O3. The van der Waals surface area contributed by atoms with Crippen LogP contribution in [0.4, 0.5) is 0 Å². The van der Waals surface area contributed by atoms with Crippen molar-refractivity contribution in [2.75, 3.05) is 21.3 Å². The Hall–Kier alpha value is -4.20. The topological polar surface area (TPSA) is 84.2 Å². The molecule has 0 aliphatic heterocycles. The first-order valence-electron chi connectivity index (χ1n) is 10.0. The zero-order valence-corrected chi connectivity index (χ0v) is 18.2. The Bertz CT molecular complexity index is 1420. The van der Waals surface area contributed by atoms with E-state index in [0.29, 0.717) is 34.1 Å².